The van der Waals surface area contributed by atoms with E-state index in [4.69, 9.17) is 0 Å². The molecule has 5 nitrogen and oxygen atoms in total. The number of hydrogen-bond acceptors (Lipinski definition) is 3. The Morgan fingerprint density at radius 3 is 1.91 bits per heavy atom. The predicted molar refractivity (Wildman–Crippen MR) is 87.5 cm³/mol. The van der Waals surface area contributed by atoms with Gasteiger partial charge in [0.05, 0.1) is 0 Å². The predicted octanol–water partition coefficient (Wildman–Crippen LogP) is 1.58. The molecule has 1 aliphatic heterocycles. The molecule has 2 fully saturated rings. The molecule has 126 valence electrons. The Hall–Kier alpha value is -1.10. The van der Waals surface area contributed by atoms with Gasteiger partial charge in [-0.1, -0.05) is 20.8 Å². The number of piperazine rings is 1. The molecule has 22 heavy (non-hydrogen) atoms. The summed E-state index contributed by atoms with van der Waals surface area (Å²) in [5, 5.41) is 0. The average Bonchev–Trinajstić information content (AvgIpc) is 3.35. The van der Waals surface area contributed by atoms with Crippen molar-refractivity contribution in [2.75, 3.05) is 45.8 Å². The quantitative estimate of drug-likeness (QED) is 0.671. The molecule has 5 heteroatoms. The molecule has 0 aromatic heterocycles. The maximum Gasteiger partial charge on any atom is 0.238 e. The minimum atomic E-state index is -0.710. The molecular weight excluding hydrogens is 278 g/mol. The first-order valence-corrected chi connectivity index (χ1v) is 8.90. The van der Waals surface area contributed by atoms with E-state index in [0.717, 1.165) is 71.5 Å². The average molecular weight is 309 g/mol. The van der Waals surface area contributed by atoms with Gasteiger partial charge >= 0.3 is 0 Å². The van der Waals surface area contributed by atoms with E-state index in [2.05, 4.69) is 25.7 Å². The highest BCUT2D eigenvalue weighted by Crippen LogP contribution is 2.49. The van der Waals surface area contributed by atoms with Gasteiger partial charge < -0.3 is 14.7 Å². The van der Waals surface area contributed by atoms with Gasteiger partial charge in [-0.25, -0.2) is 0 Å². The topological polar surface area (TPSA) is 43.9 Å². The van der Waals surface area contributed by atoms with Gasteiger partial charge in [0.15, 0.2) is 0 Å². The van der Waals surface area contributed by atoms with Crippen LogP contribution in [0.3, 0.4) is 0 Å². The van der Waals surface area contributed by atoms with E-state index in [1.54, 1.807) is 0 Å². The van der Waals surface area contributed by atoms with E-state index in [-0.39, 0.29) is 11.8 Å². The van der Waals surface area contributed by atoms with Crippen molar-refractivity contribution in [2.24, 2.45) is 5.41 Å². The van der Waals surface area contributed by atoms with E-state index in [9.17, 15) is 9.59 Å². The van der Waals surface area contributed by atoms with Gasteiger partial charge in [-0.05, 0) is 32.2 Å². The van der Waals surface area contributed by atoms with Crippen molar-refractivity contribution >= 4 is 11.8 Å². The second-order valence-electron chi connectivity index (χ2n) is 6.60. The Morgan fingerprint density at radius 1 is 0.955 bits per heavy atom. The lowest BCUT2D eigenvalue weighted by atomic mass is 10.0. The molecule has 1 aliphatic carbocycles. The normalized spacial score (nSPS) is 20.8. The minimum Gasteiger partial charge on any atom is -0.342 e. The number of hydrogen-bond donors (Lipinski definition) is 0. The summed E-state index contributed by atoms with van der Waals surface area (Å²) in [5.74, 6) is 0.171. The Balaban J connectivity index is 2.00. The molecule has 0 aromatic carbocycles. The fourth-order valence-corrected chi connectivity index (χ4v) is 3.37. The van der Waals surface area contributed by atoms with Crippen LogP contribution in [0.15, 0.2) is 0 Å². The van der Waals surface area contributed by atoms with Gasteiger partial charge in [0, 0.05) is 39.3 Å². The fourth-order valence-electron chi connectivity index (χ4n) is 3.37. The monoisotopic (exact) mass is 309 g/mol. The Labute approximate surface area is 134 Å². The molecule has 1 saturated carbocycles. The molecule has 0 aromatic rings. The van der Waals surface area contributed by atoms with Crippen LogP contribution < -0.4 is 0 Å². The van der Waals surface area contributed by atoms with Gasteiger partial charge in [-0.2, -0.15) is 0 Å². The summed E-state index contributed by atoms with van der Waals surface area (Å²) in [4.78, 5) is 32.0. The maximum absolute atomic E-state index is 12.9. The molecule has 2 rings (SSSR count). The summed E-state index contributed by atoms with van der Waals surface area (Å²) in [6, 6.07) is 0. The number of likely N-dealkylation sites (N-methyl/N-ethyl adjacent to an activating group) is 1. The van der Waals surface area contributed by atoms with Crippen molar-refractivity contribution in [2.45, 2.75) is 46.5 Å². The SMILES string of the molecule is CCCN(CCC)C(=O)C1(C(=O)N2CCN(CC)CC2)CC1. The van der Waals surface area contributed by atoms with Gasteiger partial charge in [0.2, 0.25) is 11.8 Å². The largest absolute Gasteiger partial charge is 0.342 e. The number of nitrogens with zero attached hydrogens (tertiary/aromatic N) is 3. The van der Waals surface area contributed by atoms with Gasteiger partial charge in [0.25, 0.3) is 0 Å². The van der Waals surface area contributed by atoms with Crippen molar-refractivity contribution in [3.8, 4) is 0 Å². The lowest BCUT2D eigenvalue weighted by Crippen LogP contribution is -2.53. The highest BCUT2D eigenvalue weighted by Gasteiger charge is 2.59. The number of rotatable bonds is 7. The zero-order valence-corrected chi connectivity index (χ0v) is 14.4. The standard InChI is InChI=1S/C17H31N3O2/c1-4-9-19(10-5-2)15(21)17(7-8-17)16(22)20-13-11-18(6-3)12-14-20/h4-14H2,1-3H3. The first kappa shape index (κ1) is 17.3. The first-order valence-electron chi connectivity index (χ1n) is 8.90. The lowest BCUT2D eigenvalue weighted by Gasteiger charge is -2.36. The molecule has 0 unspecified atom stereocenters. The minimum absolute atomic E-state index is 0.0825. The molecular formula is C17H31N3O2. The van der Waals surface area contributed by atoms with Crippen molar-refractivity contribution < 1.29 is 9.59 Å². The summed E-state index contributed by atoms with van der Waals surface area (Å²) in [6.07, 6.45) is 3.38. The number of carbonyl (C=O) groups excluding carboxylic acids is 2. The summed E-state index contributed by atoms with van der Waals surface area (Å²) in [6.45, 7) is 12.3. The van der Waals surface area contributed by atoms with Crippen molar-refractivity contribution in [1.82, 2.24) is 14.7 Å². The third-order valence-corrected chi connectivity index (χ3v) is 4.95. The number of amides is 2. The molecule has 1 heterocycles. The van der Waals surface area contributed by atoms with E-state index >= 15 is 0 Å². The molecule has 1 saturated heterocycles. The molecule has 2 amide bonds. The van der Waals surface area contributed by atoms with Gasteiger partial charge in [-0.15, -0.1) is 0 Å². The van der Waals surface area contributed by atoms with Crippen LogP contribution in [-0.2, 0) is 9.59 Å². The van der Waals surface area contributed by atoms with Crippen molar-refractivity contribution in [3.05, 3.63) is 0 Å². The van der Waals surface area contributed by atoms with E-state index in [1.165, 1.54) is 0 Å². The smallest absolute Gasteiger partial charge is 0.238 e. The summed E-state index contributed by atoms with van der Waals surface area (Å²) >= 11 is 0. The van der Waals surface area contributed by atoms with Crippen LogP contribution in [0.5, 0.6) is 0 Å². The van der Waals surface area contributed by atoms with Crippen LogP contribution >= 0.6 is 0 Å². The highest BCUT2D eigenvalue weighted by molar-refractivity contribution is 6.07. The maximum atomic E-state index is 12.9. The van der Waals surface area contributed by atoms with E-state index in [1.807, 2.05) is 9.80 Å². The van der Waals surface area contributed by atoms with E-state index < -0.39 is 5.41 Å². The Kier molecular flexibility index (Phi) is 5.84. The summed E-state index contributed by atoms with van der Waals surface area (Å²) in [5.41, 5.74) is -0.710. The van der Waals surface area contributed by atoms with Crippen LogP contribution in [0.1, 0.15) is 46.5 Å². The lowest BCUT2D eigenvalue weighted by molar-refractivity contribution is -0.150. The van der Waals surface area contributed by atoms with E-state index in [0.29, 0.717) is 0 Å². The van der Waals surface area contributed by atoms with Crippen LogP contribution in [0.4, 0.5) is 0 Å². The second-order valence-corrected chi connectivity index (χ2v) is 6.60. The third-order valence-electron chi connectivity index (χ3n) is 4.95. The zero-order chi connectivity index (χ0) is 16.2. The molecule has 2 aliphatic rings. The molecule has 0 atom stereocenters. The number of carbonyl (C=O) groups is 2. The fraction of sp³-hybridized carbons (Fsp3) is 0.882. The first-order chi connectivity index (χ1) is 10.6. The van der Waals surface area contributed by atoms with Crippen molar-refractivity contribution in [1.29, 1.82) is 0 Å². The third kappa shape index (κ3) is 3.45. The van der Waals surface area contributed by atoms with Gasteiger partial charge in [0.1, 0.15) is 5.41 Å². The van der Waals surface area contributed by atoms with Gasteiger partial charge in [-0.3, -0.25) is 9.59 Å². The van der Waals surface area contributed by atoms with Crippen LogP contribution in [0.2, 0.25) is 0 Å². The molecule has 0 N–H and O–H groups in total. The van der Waals surface area contributed by atoms with Crippen LogP contribution in [-0.4, -0.2) is 72.3 Å². The summed E-state index contributed by atoms with van der Waals surface area (Å²) < 4.78 is 0. The highest BCUT2D eigenvalue weighted by atomic mass is 16.2. The van der Waals surface area contributed by atoms with Crippen LogP contribution in [0, 0.1) is 5.41 Å². The van der Waals surface area contributed by atoms with Crippen LogP contribution in [0.25, 0.3) is 0 Å². The van der Waals surface area contributed by atoms with Crippen molar-refractivity contribution in [3.63, 3.8) is 0 Å². The zero-order valence-electron chi connectivity index (χ0n) is 14.4. The molecule has 0 spiro atoms. The molecule has 0 radical (unpaired) electrons. The molecule has 0 bridgehead atoms. The Morgan fingerprint density at radius 2 is 1.50 bits per heavy atom. The second kappa shape index (κ2) is 7.44. The Bertz CT molecular complexity index is 393. The summed E-state index contributed by atoms with van der Waals surface area (Å²) in [7, 11) is 0.